The maximum absolute atomic E-state index is 13.6. The first-order chi connectivity index (χ1) is 15.9. The highest BCUT2D eigenvalue weighted by Gasteiger charge is 2.55. The number of rotatable bonds is 7. The van der Waals surface area contributed by atoms with E-state index >= 15 is 0 Å². The lowest BCUT2D eigenvalue weighted by Gasteiger charge is -2.41. The molecule has 7 heteroatoms. The predicted octanol–water partition coefficient (Wildman–Crippen LogP) is 2.89. The molecule has 1 atom stereocenters. The normalized spacial score (nSPS) is 21.7. The molecule has 0 aliphatic carbocycles. The van der Waals surface area contributed by atoms with E-state index in [2.05, 4.69) is 46.2 Å². The zero-order valence-electron chi connectivity index (χ0n) is 19.8. The Bertz CT molecular complexity index is 1060. The van der Waals surface area contributed by atoms with Gasteiger partial charge in [0.05, 0.1) is 12.7 Å². The lowest BCUT2D eigenvalue weighted by Crippen LogP contribution is -2.56. The average molecular weight is 448 g/mol. The summed E-state index contributed by atoms with van der Waals surface area (Å²) in [5, 5.41) is 7.49. The van der Waals surface area contributed by atoms with Crippen LogP contribution in [0, 0.1) is 24.7 Å². The summed E-state index contributed by atoms with van der Waals surface area (Å²) in [4.78, 5) is 30.2. The fraction of sp³-hybridized carbons (Fsp3) is 0.500. The van der Waals surface area contributed by atoms with Crippen LogP contribution in [0.5, 0.6) is 0 Å². The topological polar surface area (TPSA) is 70.5 Å². The van der Waals surface area contributed by atoms with Crippen LogP contribution in [0.15, 0.2) is 36.5 Å². The average Bonchev–Trinajstić information content (AvgIpc) is 3.28. The molecule has 2 aliphatic heterocycles. The van der Waals surface area contributed by atoms with Crippen LogP contribution in [0.4, 0.5) is 4.79 Å². The fourth-order valence-corrected chi connectivity index (χ4v) is 5.11. The van der Waals surface area contributed by atoms with Crippen LogP contribution in [0.2, 0.25) is 0 Å². The molecule has 2 aromatic rings. The molecule has 2 aliphatic rings. The van der Waals surface area contributed by atoms with Crippen LogP contribution in [-0.4, -0.2) is 56.7 Å². The Morgan fingerprint density at radius 1 is 1.18 bits per heavy atom. The minimum absolute atomic E-state index is 0.100. The maximum atomic E-state index is 13.6. The van der Waals surface area contributed by atoms with E-state index in [1.54, 1.807) is 6.92 Å². The summed E-state index contributed by atoms with van der Waals surface area (Å²) in [6, 6.07) is 9.86. The van der Waals surface area contributed by atoms with E-state index in [0.29, 0.717) is 6.42 Å². The van der Waals surface area contributed by atoms with Crippen molar-refractivity contribution in [2.75, 3.05) is 19.6 Å². The van der Waals surface area contributed by atoms with E-state index in [9.17, 15) is 9.59 Å². The van der Waals surface area contributed by atoms with Gasteiger partial charge in [-0.05, 0) is 64.1 Å². The molecule has 2 saturated heterocycles. The van der Waals surface area contributed by atoms with E-state index in [-0.39, 0.29) is 24.4 Å². The highest BCUT2D eigenvalue weighted by molar-refractivity contribution is 6.07. The Balaban J connectivity index is 1.50. The van der Waals surface area contributed by atoms with E-state index in [1.807, 2.05) is 36.1 Å². The minimum atomic E-state index is -0.862. The molecule has 7 nitrogen and oxygen atoms in total. The number of piperidine rings is 1. The van der Waals surface area contributed by atoms with Crippen molar-refractivity contribution >= 4 is 11.9 Å². The summed E-state index contributed by atoms with van der Waals surface area (Å²) in [6.45, 7) is 6.61. The van der Waals surface area contributed by atoms with Gasteiger partial charge < -0.3 is 5.32 Å². The number of amides is 3. The molecule has 0 bridgehead atoms. The number of hydrogen-bond acceptors (Lipinski definition) is 4. The monoisotopic (exact) mass is 447 g/mol. The van der Waals surface area contributed by atoms with Gasteiger partial charge in [0, 0.05) is 24.8 Å². The van der Waals surface area contributed by atoms with Gasteiger partial charge in [-0.15, -0.1) is 5.92 Å². The molecule has 1 aromatic carbocycles. The number of hydrogen-bond donors (Lipinski definition) is 1. The summed E-state index contributed by atoms with van der Waals surface area (Å²) in [5.74, 6) is 5.67. The summed E-state index contributed by atoms with van der Waals surface area (Å²) >= 11 is 0. The molecular formula is C26H33N5O2. The van der Waals surface area contributed by atoms with E-state index in [1.165, 1.54) is 21.7 Å². The number of aryl methyl sites for hydroxylation is 2. The van der Waals surface area contributed by atoms with Crippen molar-refractivity contribution in [3.05, 3.63) is 53.3 Å². The lowest BCUT2D eigenvalue weighted by molar-refractivity contribution is -0.134. The Morgan fingerprint density at radius 2 is 1.91 bits per heavy atom. The van der Waals surface area contributed by atoms with Crippen LogP contribution in [-0.2, 0) is 24.8 Å². The summed E-state index contributed by atoms with van der Waals surface area (Å²) < 4.78 is 1.90. The molecule has 0 spiro atoms. The highest BCUT2D eigenvalue weighted by Crippen LogP contribution is 2.37. The van der Waals surface area contributed by atoms with Crippen LogP contribution >= 0.6 is 0 Å². The number of carbonyl (C=O) groups is 2. The number of aromatic nitrogens is 2. The van der Waals surface area contributed by atoms with Crippen molar-refractivity contribution < 1.29 is 9.59 Å². The van der Waals surface area contributed by atoms with Gasteiger partial charge in [0.2, 0.25) is 0 Å². The Hall–Kier alpha value is -3.11. The molecule has 1 aromatic heterocycles. The molecule has 174 valence electrons. The fourth-order valence-electron chi connectivity index (χ4n) is 5.11. The second-order valence-electron chi connectivity index (χ2n) is 9.13. The van der Waals surface area contributed by atoms with Crippen LogP contribution in [0.25, 0.3) is 0 Å². The van der Waals surface area contributed by atoms with Crippen LogP contribution in [0.1, 0.15) is 43.0 Å². The molecule has 2 fully saturated rings. The number of imide groups is 1. The van der Waals surface area contributed by atoms with Crippen LogP contribution < -0.4 is 5.32 Å². The number of nitrogens with one attached hydrogen (secondary N) is 1. The van der Waals surface area contributed by atoms with Crippen molar-refractivity contribution in [1.29, 1.82) is 0 Å². The number of likely N-dealkylation sites (tertiary alicyclic amines) is 1. The first kappa shape index (κ1) is 23.1. The minimum Gasteiger partial charge on any atom is -0.323 e. The number of urea groups is 1. The second-order valence-corrected chi connectivity index (χ2v) is 9.13. The molecule has 3 amide bonds. The largest absolute Gasteiger partial charge is 0.325 e. The van der Waals surface area contributed by atoms with Crippen molar-refractivity contribution in [3.8, 4) is 11.8 Å². The van der Waals surface area contributed by atoms with E-state index in [0.717, 1.165) is 38.9 Å². The molecule has 0 radical (unpaired) electrons. The third-order valence-corrected chi connectivity index (χ3v) is 7.28. The van der Waals surface area contributed by atoms with Crippen molar-refractivity contribution in [3.63, 3.8) is 0 Å². The molecule has 4 rings (SSSR count). The molecule has 3 heterocycles. The highest BCUT2D eigenvalue weighted by atomic mass is 16.2. The number of benzene rings is 1. The first-order valence-corrected chi connectivity index (χ1v) is 11.7. The molecule has 33 heavy (non-hydrogen) atoms. The lowest BCUT2D eigenvalue weighted by atomic mass is 9.74. The zero-order valence-corrected chi connectivity index (χ0v) is 19.8. The Kier molecular flexibility index (Phi) is 6.85. The predicted molar refractivity (Wildman–Crippen MR) is 127 cm³/mol. The van der Waals surface area contributed by atoms with E-state index in [4.69, 9.17) is 0 Å². The summed E-state index contributed by atoms with van der Waals surface area (Å²) in [5.41, 5.74) is 2.74. The number of carbonyl (C=O) groups excluding carboxylic acids is 2. The molecule has 1 N–H and O–H groups in total. The van der Waals surface area contributed by atoms with E-state index < -0.39 is 5.54 Å². The maximum Gasteiger partial charge on any atom is 0.325 e. The SMILES string of the molecule is CC#CCN1C(=O)N[C@](CCc2ccccc2)(C2CCN(Cc3cnn(C)c3C)CC2)C1=O. The van der Waals surface area contributed by atoms with Gasteiger partial charge in [0.25, 0.3) is 5.91 Å². The standard InChI is InChI=1S/C26H33N5O2/c1-4-5-15-31-24(32)26(28-25(31)33,14-11-21-9-7-6-8-10-21)23-12-16-30(17-13-23)19-22-18-27-29(3)20(22)2/h6-10,18,23H,11-17,19H2,1-3H3,(H,28,33)/t26-/m1/s1. The summed E-state index contributed by atoms with van der Waals surface area (Å²) in [7, 11) is 1.96. The van der Waals surface area contributed by atoms with Gasteiger partial charge >= 0.3 is 6.03 Å². The van der Waals surface area contributed by atoms with Gasteiger partial charge in [0.15, 0.2) is 0 Å². The van der Waals surface area contributed by atoms with Gasteiger partial charge in [-0.2, -0.15) is 5.10 Å². The molecule has 0 unspecified atom stereocenters. The smallest absolute Gasteiger partial charge is 0.323 e. The molecular weight excluding hydrogens is 414 g/mol. The third-order valence-electron chi connectivity index (χ3n) is 7.28. The third kappa shape index (κ3) is 4.67. The van der Waals surface area contributed by atoms with Crippen molar-refractivity contribution in [2.45, 2.75) is 51.6 Å². The first-order valence-electron chi connectivity index (χ1n) is 11.7. The number of nitrogens with zero attached hydrogens (tertiary/aromatic N) is 4. The van der Waals surface area contributed by atoms with Gasteiger partial charge in [-0.25, -0.2) is 4.79 Å². The van der Waals surface area contributed by atoms with Crippen molar-refractivity contribution in [2.24, 2.45) is 13.0 Å². The molecule has 0 saturated carbocycles. The quantitative estimate of drug-likeness (QED) is 0.523. The van der Waals surface area contributed by atoms with Crippen molar-refractivity contribution in [1.82, 2.24) is 24.9 Å². The zero-order chi connectivity index (χ0) is 23.4. The summed E-state index contributed by atoms with van der Waals surface area (Å²) in [6.07, 6.45) is 5.02. The van der Waals surface area contributed by atoms with Gasteiger partial charge in [-0.1, -0.05) is 36.3 Å². The second kappa shape index (κ2) is 9.80. The van der Waals surface area contributed by atoms with Crippen LogP contribution in [0.3, 0.4) is 0 Å². The van der Waals surface area contributed by atoms with Gasteiger partial charge in [-0.3, -0.25) is 19.3 Å². The Labute approximate surface area is 196 Å². The van der Waals surface area contributed by atoms with Gasteiger partial charge in [0.1, 0.15) is 5.54 Å². The Morgan fingerprint density at radius 3 is 2.55 bits per heavy atom.